The van der Waals surface area contributed by atoms with Crippen LogP contribution in [-0.2, 0) is 6.18 Å². The molecule has 15 aromatic rings. The van der Waals surface area contributed by atoms with Crippen LogP contribution in [0.5, 0.6) is 0 Å². The van der Waals surface area contributed by atoms with E-state index in [2.05, 4.69) is 168 Å². The van der Waals surface area contributed by atoms with E-state index in [-0.39, 0.29) is 0 Å². The zero-order valence-corrected chi connectivity index (χ0v) is 45.2. The Kier molecular flexibility index (Phi) is 12.3. The SMILES string of the molecule is FC(F)(F)c1ccc(-c2cc(-c3cc(-c4ccccc4)nc(-c4ccccc4)n3)ccc2-n2c3ccc(-c4ccccc4)cc3c3cc(-c4ccccc4)ccc32)c(-n2c3ccc(-c4ccccc4)cc3c3cc(-c4ccccc4)ccc32)c1. The first-order valence-corrected chi connectivity index (χ1v) is 28.0. The Balaban J connectivity index is 1.05. The molecule has 12 aromatic carbocycles. The minimum Gasteiger partial charge on any atom is -0.309 e. The molecule has 0 aliphatic rings. The van der Waals surface area contributed by atoms with Crippen molar-refractivity contribution in [3.63, 3.8) is 0 Å². The molecular weight excluding hydrogens is 1040 g/mol. The summed E-state index contributed by atoms with van der Waals surface area (Å²) < 4.78 is 51.2. The first kappa shape index (κ1) is 50.1. The maximum absolute atomic E-state index is 15.6. The van der Waals surface area contributed by atoms with Crippen LogP contribution in [0, 0.1) is 0 Å². The number of hydrogen-bond donors (Lipinski definition) is 0. The lowest BCUT2D eigenvalue weighted by molar-refractivity contribution is -0.137. The van der Waals surface area contributed by atoms with Crippen molar-refractivity contribution in [2.75, 3.05) is 0 Å². The van der Waals surface area contributed by atoms with Gasteiger partial charge in [-0.1, -0.05) is 218 Å². The van der Waals surface area contributed by atoms with Crippen LogP contribution < -0.4 is 0 Å². The van der Waals surface area contributed by atoms with E-state index in [1.54, 1.807) is 6.07 Å². The van der Waals surface area contributed by atoms with E-state index in [1.165, 1.54) is 12.1 Å². The Morgan fingerprint density at radius 1 is 0.250 bits per heavy atom. The van der Waals surface area contributed by atoms with Crippen LogP contribution in [0.2, 0.25) is 0 Å². The Morgan fingerprint density at radius 2 is 0.595 bits per heavy atom. The third kappa shape index (κ3) is 9.00. The maximum Gasteiger partial charge on any atom is 0.416 e. The summed E-state index contributed by atoms with van der Waals surface area (Å²) in [5.41, 5.74) is 17.4. The Morgan fingerprint density at radius 3 is 0.988 bits per heavy atom. The van der Waals surface area contributed by atoms with Crippen molar-refractivity contribution in [2.24, 2.45) is 0 Å². The third-order valence-corrected chi connectivity index (χ3v) is 16.2. The smallest absolute Gasteiger partial charge is 0.309 e. The fourth-order valence-electron chi connectivity index (χ4n) is 12.1. The van der Waals surface area contributed by atoms with Crippen molar-refractivity contribution < 1.29 is 13.2 Å². The molecule has 7 heteroatoms. The minimum atomic E-state index is -4.67. The van der Waals surface area contributed by atoms with E-state index >= 15 is 13.2 Å². The quantitative estimate of drug-likeness (QED) is 0.137. The van der Waals surface area contributed by atoms with Gasteiger partial charge in [0.25, 0.3) is 0 Å². The van der Waals surface area contributed by atoms with Crippen molar-refractivity contribution >= 4 is 43.6 Å². The summed E-state index contributed by atoms with van der Waals surface area (Å²) in [5.74, 6) is 0.550. The Hall–Kier alpha value is -10.9. The number of fused-ring (bicyclic) bond motifs is 6. The first-order chi connectivity index (χ1) is 41.3. The van der Waals surface area contributed by atoms with Gasteiger partial charge in [0.2, 0.25) is 0 Å². The molecule has 0 fully saturated rings. The zero-order valence-electron chi connectivity index (χ0n) is 45.2. The fourth-order valence-corrected chi connectivity index (χ4v) is 12.1. The number of alkyl halides is 3. The summed E-state index contributed by atoms with van der Waals surface area (Å²) in [4.78, 5) is 10.4. The van der Waals surface area contributed by atoms with Crippen LogP contribution in [0.1, 0.15) is 5.56 Å². The predicted molar refractivity (Wildman–Crippen MR) is 339 cm³/mol. The highest BCUT2D eigenvalue weighted by molar-refractivity contribution is 6.14. The van der Waals surface area contributed by atoms with Crippen LogP contribution in [0.25, 0.3) is 145 Å². The molecule has 0 saturated heterocycles. The lowest BCUT2D eigenvalue weighted by Gasteiger charge is -2.21. The second-order valence-corrected chi connectivity index (χ2v) is 21.2. The first-order valence-electron chi connectivity index (χ1n) is 28.0. The summed E-state index contributed by atoms with van der Waals surface area (Å²) >= 11 is 0. The van der Waals surface area contributed by atoms with Gasteiger partial charge in [0, 0.05) is 49.4 Å². The molecule has 0 aliphatic heterocycles. The molecule has 0 bridgehead atoms. The van der Waals surface area contributed by atoms with Crippen molar-refractivity contribution in [3.8, 4) is 101 Å². The van der Waals surface area contributed by atoms with Crippen molar-refractivity contribution in [2.45, 2.75) is 6.18 Å². The van der Waals surface area contributed by atoms with Gasteiger partial charge in [-0.2, -0.15) is 13.2 Å². The summed E-state index contributed by atoms with van der Waals surface area (Å²) in [7, 11) is 0. The molecule has 398 valence electrons. The van der Waals surface area contributed by atoms with Gasteiger partial charge < -0.3 is 9.13 Å². The number of rotatable bonds is 10. The predicted octanol–water partition coefficient (Wildman–Crippen LogP) is 21.0. The van der Waals surface area contributed by atoms with Gasteiger partial charge in [0.05, 0.1) is 50.4 Å². The average Bonchev–Trinajstić information content (AvgIpc) is 1.99. The number of nitrogens with zero attached hydrogens (tertiary/aromatic N) is 4. The van der Waals surface area contributed by atoms with Gasteiger partial charge in [0.1, 0.15) is 0 Å². The summed E-state index contributed by atoms with van der Waals surface area (Å²) in [6, 6.07) is 99.4. The van der Waals surface area contributed by atoms with Crippen LogP contribution in [0.4, 0.5) is 13.2 Å². The van der Waals surface area contributed by atoms with E-state index in [1.807, 2.05) is 120 Å². The van der Waals surface area contributed by atoms with Gasteiger partial charge in [-0.3, -0.25) is 0 Å². The largest absolute Gasteiger partial charge is 0.416 e. The molecule has 0 radical (unpaired) electrons. The molecule has 0 aliphatic carbocycles. The summed E-state index contributed by atoms with van der Waals surface area (Å²) in [5, 5.41) is 3.90. The van der Waals surface area contributed by atoms with Crippen LogP contribution in [0.3, 0.4) is 0 Å². The summed E-state index contributed by atoms with van der Waals surface area (Å²) in [6.45, 7) is 0. The summed E-state index contributed by atoms with van der Waals surface area (Å²) in [6.07, 6.45) is -4.67. The normalized spacial score (nSPS) is 11.8. The molecule has 3 aromatic heterocycles. The van der Waals surface area contributed by atoms with Gasteiger partial charge in [0.15, 0.2) is 5.82 Å². The van der Waals surface area contributed by atoms with Crippen molar-refractivity contribution in [1.82, 2.24) is 19.1 Å². The molecule has 0 atom stereocenters. The van der Waals surface area contributed by atoms with Gasteiger partial charge >= 0.3 is 6.18 Å². The monoisotopic (exact) mass is 1090 g/mol. The molecular formula is C77H49F3N4. The number of hydrogen-bond acceptors (Lipinski definition) is 2. The van der Waals surface area contributed by atoms with E-state index in [9.17, 15) is 0 Å². The van der Waals surface area contributed by atoms with Crippen LogP contribution in [-0.4, -0.2) is 19.1 Å². The molecule has 15 rings (SSSR count). The van der Waals surface area contributed by atoms with Crippen LogP contribution >= 0.6 is 0 Å². The molecule has 0 unspecified atom stereocenters. The highest BCUT2D eigenvalue weighted by Crippen LogP contribution is 2.46. The number of aromatic nitrogens is 4. The lowest BCUT2D eigenvalue weighted by Crippen LogP contribution is -2.08. The van der Waals surface area contributed by atoms with Gasteiger partial charge in [-0.25, -0.2) is 9.97 Å². The number of halogens is 3. The van der Waals surface area contributed by atoms with E-state index < -0.39 is 11.7 Å². The fraction of sp³-hybridized carbons (Fsp3) is 0.0130. The molecule has 0 spiro atoms. The van der Waals surface area contributed by atoms with E-state index in [0.717, 1.165) is 116 Å². The third-order valence-electron chi connectivity index (χ3n) is 16.2. The minimum absolute atomic E-state index is 0.374. The number of benzene rings is 12. The lowest BCUT2D eigenvalue weighted by atomic mass is 9.95. The zero-order chi connectivity index (χ0) is 56.3. The van der Waals surface area contributed by atoms with E-state index in [4.69, 9.17) is 9.97 Å². The Bertz CT molecular complexity index is 4710. The molecule has 0 amide bonds. The second-order valence-electron chi connectivity index (χ2n) is 21.2. The molecule has 3 heterocycles. The van der Waals surface area contributed by atoms with Gasteiger partial charge in [-0.05, 0) is 123 Å². The highest BCUT2D eigenvalue weighted by Gasteiger charge is 2.33. The van der Waals surface area contributed by atoms with Crippen molar-refractivity contribution in [1.29, 1.82) is 0 Å². The Labute approximate surface area is 483 Å². The van der Waals surface area contributed by atoms with Crippen LogP contribution in [0.15, 0.2) is 297 Å². The molecule has 84 heavy (non-hydrogen) atoms. The highest BCUT2D eigenvalue weighted by atomic mass is 19.4. The average molecular weight is 1090 g/mol. The standard InChI is InChI=1S/C77H49F3N4/c78-77(79,80)61-36-37-62(75(48-61)84-73-40-33-58(52-23-11-3-12-24-52)45-66(73)67-46-59(34-41-74(67)84)53-25-13-4-14-26-53)63-47-60(69-49-68(54-27-15-5-16-28-54)81-76(82-69)55-29-17-6-18-30-55)35-42-70(63)83-71-38-31-56(50-19-7-1-8-20-50)43-64(71)65-44-57(32-39-72(65)83)51-21-9-2-10-22-51/h1-49H. The topological polar surface area (TPSA) is 35.6 Å². The van der Waals surface area contributed by atoms with Crippen molar-refractivity contribution in [3.05, 3.63) is 303 Å². The van der Waals surface area contributed by atoms with E-state index in [0.29, 0.717) is 28.3 Å². The maximum atomic E-state index is 15.6. The second kappa shape index (κ2) is 20.6. The molecule has 0 N–H and O–H groups in total. The van der Waals surface area contributed by atoms with Gasteiger partial charge in [-0.15, -0.1) is 0 Å². The molecule has 4 nitrogen and oxygen atoms in total. The molecule has 0 saturated carbocycles.